The van der Waals surface area contributed by atoms with Gasteiger partial charge in [-0.3, -0.25) is 4.79 Å². The van der Waals surface area contributed by atoms with Gasteiger partial charge >= 0.3 is 0 Å². The second-order valence-corrected chi connectivity index (χ2v) is 4.82. The number of phenolic OH excluding ortho intramolecular Hbond substituents is 1. The molecule has 2 N–H and O–H groups in total. The molecule has 0 fully saturated rings. The molecule has 5 heteroatoms. The second kappa shape index (κ2) is 6.46. The normalized spacial score (nSPS) is 10.7. The quantitative estimate of drug-likeness (QED) is 0.828. The van der Waals surface area contributed by atoms with Gasteiger partial charge in [0.05, 0.1) is 0 Å². The summed E-state index contributed by atoms with van der Waals surface area (Å²) in [4.78, 5) is 11.8. The summed E-state index contributed by atoms with van der Waals surface area (Å²) in [5.41, 5.74) is 1.09. The van der Waals surface area contributed by atoms with Crippen LogP contribution < -0.4 is 5.32 Å². The number of carbonyl (C=O) groups excluding carboxylic acids is 1. The van der Waals surface area contributed by atoms with E-state index in [1.54, 1.807) is 36.4 Å². The van der Waals surface area contributed by atoms with Crippen molar-refractivity contribution in [1.29, 1.82) is 0 Å². The van der Waals surface area contributed by atoms with Crippen molar-refractivity contribution in [3.63, 3.8) is 0 Å². The number of amides is 1. The summed E-state index contributed by atoms with van der Waals surface area (Å²) in [5, 5.41) is 12.9. The highest BCUT2D eigenvalue weighted by Gasteiger charge is 2.03. The molecule has 20 heavy (non-hydrogen) atoms. The summed E-state index contributed by atoms with van der Waals surface area (Å²) in [6.07, 6.45) is 2.87. The minimum Gasteiger partial charge on any atom is -0.508 e. The SMILES string of the molecule is O=C(/C=C/c1c(Cl)cccc1Cl)Nc1cccc(O)c1. The van der Waals surface area contributed by atoms with Crippen LogP contribution in [0, 0.1) is 0 Å². The van der Waals surface area contributed by atoms with Crippen molar-refractivity contribution < 1.29 is 9.90 Å². The van der Waals surface area contributed by atoms with Crippen LogP contribution in [0.2, 0.25) is 10.0 Å². The Morgan fingerprint density at radius 2 is 1.75 bits per heavy atom. The lowest BCUT2D eigenvalue weighted by Crippen LogP contribution is -2.07. The molecule has 0 aromatic heterocycles. The van der Waals surface area contributed by atoms with Gasteiger partial charge in [0.1, 0.15) is 5.75 Å². The average Bonchev–Trinajstić information content (AvgIpc) is 2.38. The Hall–Kier alpha value is -1.97. The van der Waals surface area contributed by atoms with Crippen LogP contribution in [0.4, 0.5) is 5.69 Å². The Bertz CT molecular complexity index is 648. The fourth-order valence-electron chi connectivity index (χ4n) is 1.60. The summed E-state index contributed by atoms with van der Waals surface area (Å²) in [7, 11) is 0. The molecule has 0 saturated heterocycles. The molecular formula is C15H11Cl2NO2. The van der Waals surface area contributed by atoms with E-state index in [-0.39, 0.29) is 11.7 Å². The highest BCUT2D eigenvalue weighted by Crippen LogP contribution is 2.25. The molecule has 0 radical (unpaired) electrons. The van der Waals surface area contributed by atoms with Gasteiger partial charge in [0.2, 0.25) is 5.91 Å². The van der Waals surface area contributed by atoms with Crippen LogP contribution >= 0.6 is 23.2 Å². The fourth-order valence-corrected chi connectivity index (χ4v) is 2.12. The maximum atomic E-state index is 11.8. The van der Waals surface area contributed by atoms with Crippen molar-refractivity contribution in [1.82, 2.24) is 0 Å². The van der Waals surface area contributed by atoms with E-state index in [4.69, 9.17) is 23.2 Å². The number of halogens is 2. The van der Waals surface area contributed by atoms with E-state index in [0.717, 1.165) is 0 Å². The molecular weight excluding hydrogens is 297 g/mol. The van der Waals surface area contributed by atoms with E-state index in [1.165, 1.54) is 18.2 Å². The highest BCUT2D eigenvalue weighted by molar-refractivity contribution is 6.37. The van der Waals surface area contributed by atoms with Crippen LogP contribution in [0.1, 0.15) is 5.56 Å². The summed E-state index contributed by atoms with van der Waals surface area (Å²) < 4.78 is 0. The van der Waals surface area contributed by atoms with Gasteiger partial charge in [0.25, 0.3) is 0 Å². The smallest absolute Gasteiger partial charge is 0.248 e. The van der Waals surface area contributed by atoms with Gasteiger partial charge < -0.3 is 10.4 Å². The van der Waals surface area contributed by atoms with Crippen molar-refractivity contribution in [2.45, 2.75) is 0 Å². The third-order valence-electron chi connectivity index (χ3n) is 2.51. The Morgan fingerprint density at radius 3 is 2.40 bits per heavy atom. The molecule has 0 bridgehead atoms. The van der Waals surface area contributed by atoms with Gasteiger partial charge in [-0.15, -0.1) is 0 Å². The lowest BCUT2D eigenvalue weighted by molar-refractivity contribution is -0.111. The largest absolute Gasteiger partial charge is 0.508 e. The molecule has 2 aromatic carbocycles. The van der Waals surface area contributed by atoms with E-state index in [9.17, 15) is 9.90 Å². The third kappa shape index (κ3) is 3.76. The molecule has 0 aliphatic heterocycles. The first-order valence-electron chi connectivity index (χ1n) is 5.78. The van der Waals surface area contributed by atoms with Crippen LogP contribution in [0.5, 0.6) is 5.75 Å². The molecule has 0 atom stereocenters. The van der Waals surface area contributed by atoms with Crippen LogP contribution in [0.3, 0.4) is 0 Å². The van der Waals surface area contributed by atoms with E-state index in [0.29, 0.717) is 21.3 Å². The van der Waals surface area contributed by atoms with Crippen molar-refractivity contribution in [2.24, 2.45) is 0 Å². The lowest BCUT2D eigenvalue weighted by atomic mass is 10.2. The monoisotopic (exact) mass is 307 g/mol. The summed E-state index contributed by atoms with van der Waals surface area (Å²) in [6.45, 7) is 0. The van der Waals surface area contributed by atoms with Crippen LogP contribution in [0.25, 0.3) is 6.08 Å². The number of anilines is 1. The molecule has 0 aliphatic carbocycles. The molecule has 102 valence electrons. The molecule has 0 saturated carbocycles. The number of phenols is 1. The number of rotatable bonds is 3. The van der Waals surface area contributed by atoms with Crippen LogP contribution in [-0.2, 0) is 4.79 Å². The number of nitrogens with one attached hydrogen (secondary N) is 1. The van der Waals surface area contributed by atoms with E-state index in [2.05, 4.69) is 5.32 Å². The predicted molar refractivity (Wildman–Crippen MR) is 82.2 cm³/mol. The molecule has 2 aromatic rings. The van der Waals surface area contributed by atoms with Gasteiger partial charge in [-0.05, 0) is 30.3 Å². The van der Waals surface area contributed by atoms with Crippen LogP contribution in [0.15, 0.2) is 48.5 Å². The molecule has 1 amide bonds. The molecule has 0 spiro atoms. The van der Waals surface area contributed by atoms with Gasteiger partial charge in [-0.2, -0.15) is 0 Å². The average molecular weight is 308 g/mol. The Kier molecular flexibility index (Phi) is 4.66. The van der Waals surface area contributed by atoms with Crippen molar-refractivity contribution >= 4 is 40.9 Å². The van der Waals surface area contributed by atoms with Gasteiger partial charge in [0, 0.05) is 33.4 Å². The van der Waals surface area contributed by atoms with Crippen molar-refractivity contribution in [3.05, 3.63) is 64.1 Å². The number of hydrogen-bond acceptors (Lipinski definition) is 2. The molecule has 0 aliphatic rings. The first-order chi connectivity index (χ1) is 9.56. The van der Waals surface area contributed by atoms with Crippen molar-refractivity contribution in [3.8, 4) is 5.75 Å². The molecule has 2 rings (SSSR count). The van der Waals surface area contributed by atoms with Gasteiger partial charge in [-0.1, -0.05) is 35.3 Å². The maximum Gasteiger partial charge on any atom is 0.248 e. The first-order valence-corrected chi connectivity index (χ1v) is 6.54. The molecule has 0 unspecified atom stereocenters. The number of carbonyl (C=O) groups is 1. The summed E-state index contributed by atoms with van der Waals surface area (Å²) >= 11 is 12.0. The zero-order valence-electron chi connectivity index (χ0n) is 10.3. The van der Waals surface area contributed by atoms with E-state index < -0.39 is 0 Å². The summed E-state index contributed by atoms with van der Waals surface area (Å²) in [5.74, 6) is -0.257. The van der Waals surface area contributed by atoms with Gasteiger partial charge in [0.15, 0.2) is 0 Å². The predicted octanol–water partition coefficient (Wildman–Crippen LogP) is 4.35. The number of benzene rings is 2. The Balaban J connectivity index is 2.10. The van der Waals surface area contributed by atoms with Crippen LogP contribution in [-0.4, -0.2) is 11.0 Å². The maximum absolute atomic E-state index is 11.8. The lowest BCUT2D eigenvalue weighted by Gasteiger charge is -2.03. The highest BCUT2D eigenvalue weighted by atomic mass is 35.5. The topological polar surface area (TPSA) is 49.3 Å². The number of aromatic hydroxyl groups is 1. The molecule has 0 heterocycles. The van der Waals surface area contributed by atoms with E-state index in [1.807, 2.05) is 0 Å². The zero-order chi connectivity index (χ0) is 14.5. The minimum atomic E-state index is -0.341. The number of hydrogen-bond donors (Lipinski definition) is 2. The first kappa shape index (κ1) is 14.4. The zero-order valence-corrected chi connectivity index (χ0v) is 11.8. The van der Waals surface area contributed by atoms with Crippen molar-refractivity contribution in [2.75, 3.05) is 5.32 Å². The Labute approximate surface area is 126 Å². The minimum absolute atomic E-state index is 0.0842. The Morgan fingerprint density at radius 1 is 1.10 bits per heavy atom. The van der Waals surface area contributed by atoms with E-state index >= 15 is 0 Å². The second-order valence-electron chi connectivity index (χ2n) is 4.01. The fraction of sp³-hybridized carbons (Fsp3) is 0. The van der Waals surface area contributed by atoms with Gasteiger partial charge in [-0.25, -0.2) is 0 Å². The summed E-state index contributed by atoms with van der Waals surface area (Å²) in [6, 6.07) is 11.4. The standard InChI is InChI=1S/C15H11Cl2NO2/c16-13-5-2-6-14(17)12(13)7-8-15(20)18-10-3-1-4-11(19)9-10/h1-9,19H,(H,18,20)/b8-7+. The third-order valence-corrected chi connectivity index (χ3v) is 3.17. The molecule has 3 nitrogen and oxygen atoms in total.